The summed E-state index contributed by atoms with van der Waals surface area (Å²) in [5, 5.41) is 0. The van der Waals surface area contributed by atoms with Crippen molar-refractivity contribution in [2.45, 2.75) is 13.0 Å². The molecule has 2 rings (SSSR count). The van der Waals surface area contributed by atoms with Crippen molar-refractivity contribution >= 4 is 11.8 Å². The van der Waals surface area contributed by atoms with Gasteiger partial charge in [-0.25, -0.2) is 0 Å². The maximum absolute atomic E-state index is 11.8. The molecule has 0 fully saturated rings. The summed E-state index contributed by atoms with van der Waals surface area (Å²) in [4.78, 5) is 24.7. The summed E-state index contributed by atoms with van der Waals surface area (Å²) in [5.74, 6) is 1.78. The third kappa shape index (κ3) is 1.23. The first-order chi connectivity index (χ1) is 7.16. The summed E-state index contributed by atoms with van der Waals surface area (Å²) in [7, 11) is 0. The number of hydrogen-bond donors (Lipinski definition) is 0. The molecule has 0 N–H and O–H groups in total. The number of benzene rings is 1. The minimum absolute atomic E-state index is 0.305. The Morgan fingerprint density at radius 2 is 1.67 bits per heavy atom. The molecular formula is C12H9NO2. The van der Waals surface area contributed by atoms with Crippen molar-refractivity contribution in [1.82, 2.24) is 4.90 Å². The SMILES string of the molecule is C#C[C@@H](C)N1C(=O)c2ccccc2C1=O. The van der Waals surface area contributed by atoms with Crippen molar-refractivity contribution in [3.05, 3.63) is 35.4 Å². The first-order valence-electron chi connectivity index (χ1n) is 4.60. The van der Waals surface area contributed by atoms with Gasteiger partial charge in [0.25, 0.3) is 11.8 Å². The van der Waals surface area contributed by atoms with E-state index in [1.165, 1.54) is 0 Å². The number of imide groups is 1. The van der Waals surface area contributed by atoms with Crippen molar-refractivity contribution < 1.29 is 9.59 Å². The molecule has 0 unspecified atom stereocenters. The second-order valence-corrected chi connectivity index (χ2v) is 3.37. The van der Waals surface area contributed by atoms with Gasteiger partial charge in [0, 0.05) is 0 Å². The Morgan fingerprint density at radius 1 is 1.20 bits per heavy atom. The van der Waals surface area contributed by atoms with Gasteiger partial charge < -0.3 is 0 Å². The molecule has 2 amide bonds. The van der Waals surface area contributed by atoms with Crippen LogP contribution in [0.25, 0.3) is 0 Å². The third-order valence-corrected chi connectivity index (χ3v) is 2.45. The molecule has 74 valence electrons. The van der Waals surface area contributed by atoms with Crippen LogP contribution >= 0.6 is 0 Å². The molecular weight excluding hydrogens is 190 g/mol. The van der Waals surface area contributed by atoms with Crippen LogP contribution in [-0.2, 0) is 0 Å². The standard InChI is InChI=1S/C12H9NO2/c1-3-8(2)13-11(14)9-6-4-5-7-10(9)12(13)15/h1,4-8H,2H3/t8-/m1/s1. The highest BCUT2D eigenvalue weighted by Crippen LogP contribution is 2.23. The van der Waals surface area contributed by atoms with Crippen molar-refractivity contribution in [1.29, 1.82) is 0 Å². The predicted octanol–water partition coefficient (Wildman–Crippen LogP) is 1.30. The zero-order chi connectivity index (χ0) is 11.0. The molecule has 1 heterocycles. The van der Waals surface area contributed by atoms with E-state index >= 15 is 0 Å². The van der Waals surface area contributed by atoms with Gasteiger partial charge in [-0.15, -0.1) is 6.42 Å². The molecule has 15 heavy (non-hydrogen) atoms. The molecule has 0 aliphatic carbocycles. The molecule has 1 atom stereocenters. The number of hydrogen-bond acceptors (Lipinski definition) is 2. The summed E-state index contributed by atoms with van der Waals surface area (Å²) in [6.07, 6.45) is 5.22. The molecule has 0 saturated carbocycles. The third-order valence-electron chi connectivity index (χ3n) is 2.45. The number of amides is 2. The van der Waals surface area contributed by atoms with Crippen LogP contribution in [0.5, 0.6) is 0 Å². The average Bonchev–Trinajstić information content (AvgIpc) is 2.52. The van der Waals surface area contributed by atoms with Crippen LogP contribution in [0.2, 0.25) is 0 Å². The van der Waals surface area contributed by atoms with Crippen molar-refractivity contribution in [2.75, 3.05) is 0 Å². The van der Waals surface area contributed by atoms with Gasteiger partial charge in [0.2, 0.25) is 0 Å². The van der Waals surface area contributed by atoms with Crippen molar-refractivity contribution in [3.63, 3.8) is 0 Å². The number of rotatable bonds is 1. The minimum atomic E-state index is -0.502. The Morgan fingerprint density at radius 3 is 2.07 bits per heavy atom. The van der Waals surface area contributed by atoms with Crippen LogP contribution in [0, 0.1) is 12.3 Å². The molecule has 0 saturated heterocycles. The van der Waals surface area contributed by atoms with Crippen LogP contribution in [-0.4, -0.2) is 22.8 Å². The second kappa shape index (κ2) is 3.25. The molecule has 3 heteroatoms. The number of terminal acetylenes is 1. The maximum atomic E-state index is 11.8. The zero-order valence-corrected chi connectivity index (χ0v) is 8.23. The topological polar surface area (TPSA) is 37.4 Å². The highest BCUT2D eigenvalue weighted by Gasteiger charge is 2.37. The van der Waals surface area contributed by atoms with E-state index in [2.05, 4.69) is 5.92 Å². The van der Waals surface area contributed by atoms with E-state index in [4.69, 9.17) is 6.42 Å². The second-order valence-electron chi connectivity index (χ2n) is 3.37. The predicted molar refractivity (Wildman–Crippen MR) is 55.2 cm³/mol. The van der Waals surface area contributed by atoms with Crippen LogP contribution in [0.4, 0.5) is 0 Å². The van der Waals surface area contributed by atoms with Crippen molar-refractivity contribution in [3.8, 4) is 12.3 Å². The maximum Gasteiger partial charge on any atom is 0.262 e. The zero-order valence-electron chi connectivity index (χ0n) is 8.23. The minimum Gasteiger partial charge on any atom is -0.269 e. The molecule has 0 aromatic heterocycles. The Kier molecular flexibility index (Phi) is 2.05. The van der Waals surface area contributed by atoms with E-state index < -0.39 is 6.04 Å². The molecule has 1 aliphatic rings. The van der Waals surface area contributed by atoms with Crippen LogP contribution < -0.4 is 0 Å². The Hall–Kier alpha value is -2.08. The van der Waals surface area contributed by atoms with E-state index in [1.807, 2.05) is 0 Å². The highest BCUT2D eigenvalue weighted by molar-refractivity contribution is 6.21. The Bertz CT molecular complexity index is 450. The lowest BCUT2D eigenvalue weighted by atomic mass is 10.1. The van der Waals surface area contributed by atoms with Gasteiger partial charge in [-0.1, -0.05) is 18.1 Å². The largest absolute Gasteiger partial charge is 0.269 e. The smallest absolute Gasteiger partial charge is 0.262 e. The van der Waals surface area contributed by atoms with Gasteiger partial charge in [-0.3, -0.25) is 14.5 Å². The Labute approximate surface area is 87.7 Å². The van der Waals surface area contributed by atoms with Gasteiger partial charge in [-0.05, 0) is 19.1 Å². The van der Waals surface area contributed by atoms with Crippen LogP contribution in [0.1, 0.15) is 27.6 Å². The van der Waals surface area contributed by atoms with Gasteiger partial charge in [0.05, 0.1) is 17.2 Å². The molecule has 0 spiro atoms. The molecule has 1 aromatic carbocycles. The lowest BCUT2D eigenvalue weighted by Crippen LogP contribution is -2.36. The molecule has 1 aliphatic heterocycles. The van der Waals surface area contributed by atoms with E-state index in [0.29, 0.717) is 11.1 Å². The summed E-state index contributed by atoms with van der Waals surface area (Å²) in [5.41, 5.74) is 0.870. The van der Waals surface area contributed by atoms with E-state index in [0.717, 1.165) is 4.90 Å². The molecule has 3 nitrogen and oxygen atoms in total. The average molecular weight is 199 g/mol. The molecule has 0 radical (unpaired) electrons. The number of nitrogens with zero attached hydrogens (tertiary/aromatic N) is 1. The summed E-state index contributed by atoms with van der Waals surface area (Å²) in [6, 6.07) is 6.23. The number of fused-ring (bicyclic) bond motifs is 1. The fraction of sp³-hybridized carbons (Fsp3) is 0.167. The number of carbonyl (C=O) groups excluding carboxylic acids is 2. The van der Waals surface area contributed by atoms with Gasteiger partial charge >= 0.3 is 0 Å². The fourth-order valence-electron chi connectivity index (χ4n) is 1.63. The normalized spacial score (nSPS) is 16.1. The van der Waals surface area contributed by atoms with Gasteiger partial charge in [0.1, 0.15) is 0 Å². The monoisotopic (exact) mass is 199 g/mol. The lowest BCUT2D eigenvalue weighted by molar-refractivity contribution is 0.0630. The quantitative estimate of drug-likeness (QED) is 0.505. The first-order valence-corrected chi connectivity index (χ1v) is 4.60. The van der Waals surface area contributed by atoms with Gasteiger partial charge in [-0.2, -0.15) is 0 Å². The summed E-state index contributed by atoms with van der Waals surface area (Å²) < 4.78 is 0. The van der Waals surface area contributed by atoms with Crippen LogP contribution in [0.15, 0.2) is 24.3 Å². The van der Waals surface area contributed by atoms with Gasteiger partial charge in [0.15, 0.2) is 0 Å². The highest BCUT2D eigenvalue weighted by atomic mass is 16.2. The van der Waals surface area contributed by atoms with E-state index in [1.54, 1.807) is 31.2 Å². The summed E-state index contributed by atoms with van der Waals surface area (Å²) >= 11 is 0. The molecule has 0 bridgehead atoms. The number of carbonyl (C=O) groups is 2. The summed E-state index contributed by atoms with van der Waals surface area (Å²) in [6.45, 7) is 1.65. The fourth-order valence-corrected chi connectivity index (χ4v) is 1.63. The van der Waals surface area contributed by atoms with E-state index in [-0.39, 0.29) is 11.8 Å². The van der Waals surface area contributed by atoms with E-state index in [9.17, 15) is 9.59 Å². The van der Waals surface area contributed by atoms with Crippen molar-refractivity contribution in [2.24, 2.45) is 0 Å². The first kappa shape index (κ1) is 9.47. The Balaban J connectivity index is 2.51. The lowest BCUT2D eigenvalue weighted by Gasteiger charge is -2.16. The molecule has 1 aromatic rings. The van der Waals surface area contributed by atoms with Crippen LogP contribution in [0.3, 0.4) is 0 Å².